The van der Waals surface area contributed by atoms with Gasteiger partial charge in [-0.3, -0.25) is 4.79 Å². The first-order valence-electron chi connectivity index (χ1n) is 8.75. The Bertz CT molecular complexity index is 684. The molecule has 0 aromatic heterocycles. The molecule has 1 aromatic rings. The van der Waals surface area contributed by atoms with Gasteiger partial charge >= 0.3 is 0 Å². The van der Waals surface area contributed by atoms with E-state index in [-0.39, 0.29) is 22.0 Å². The minimum atomic E-state index is -0.119. The molecular weight excluding hydrogens is 288 g/mol. The summed E-state index contributed by atoms with van der Waals surface area (Å²) in [6, 6.07) is 7.93. The smallest absolute Gasteiger partial charge is 0.224 e. The van der Waals surface area contributed by atoms with Crippen LogP contribution >= 0.6 is 0 Å². The fourth-order valence-electron chi connectivity index (χ4n) is 5.09. The molecule has 3 unspecified atom stereocenters. The van der Waals surface area contributed by atoms with Crippen LogP contribution in [0.25, 0.3) is 5.57 Å². The third-order valence-electron chi connectivity index (χ3n) is 6.24. The van der Waals surface area contributed by atoms with Crippen molar-refractivity contribution in [2.45, 2.75) is 45.1 Å². The first-order chi connectivity index (χ1) is 11.1. The maximum atomic E-state index is 13.5. The molecule has 3 aliphatic heterocycles. The molecule has 0 radical (unpaired) electrons. The van der Waals surface area contributed by atoms with Crippen LogP contribution < -0.4 is 5.32 Å². The number of amides is 1. The average molecular weight is 312 g/mol. The van der Waals surface area contributed by atoms with E-state index in [0.29, 0.717) is 19.5 Å². The fraction of sp³-hybridized carbons (Fsp3) is 0.526. The number of hydrogen-bond acceptors (Lipinski definition) is 2. The number of quaternary nitrogens is 1. The molecule has 0 aliphatic carbocycles. The largest absolute Gasteiger partial charge is 0.632 e. The lowest BCUT2D eigenvalue weighted by molar-refractivity contribution is -0.900. The molecule has 4 rings (SSSR count). The van der Waals surface area contributed by atoms with Gasteiger partial charge in [-0.1, -0.05) is 25.1 Å². The van der Waals surface area contributed by atoms with Gasteiger partial charge < -0.3 is 15.2 Å². The van der Waals surface area contributed by atoms with Gasteiger partial charge in [0.2, 0.25) is 5.91 Å². The second kappa shape index (κ2) is 5.18. The molecule has 1 saturated heterocycles. The molecule has 1 aromatic carbocycles. The standard InChI is InChI=1S/C19H24N2O2/c1-2-19-10-5-12-21(23)13-9-15(18(19)21)14-6-3-4-7-16(14)20-17(22)8-11-19/h3-4,6-7,9,18H,2,5,8,10-13H2,1H3,(H,20,22). The fourth-order valence-corrected chi connectivity index (χ4v) is 5.09. The van der Waals surface area contributed by atoms with E-state index in [1.807, 2.05) is 18.2 Å². The predicted molar refractivity (Wildman–Crippen MR) is 91.4 cm³/mol. The molecule has 1 fully saturated rings. The van der Waals surface area contributed by atoms with Crippen LogP contribution in [-0.2, 0) is 4.79 Å². The third-order valence-corrected chi connectivity index (χ3v) is 6.24. The Balaban J connectivity index is 1.91. The van der Waals surface area contributed by atoms with E-state index >= 15 is 0 Å². The van der Waals surface area contributed by atoms with Crippen molar-refractivity contribution >= 4 is 17.2 Å². The number of nitrogens with one attached hydrogen (secondary N) is 1. The van der Waals surface area contributed by atoms with Crippen LogP contribution in [0, 0.1) is 10.6 Å². The summed E-state index contributed by atoms with van der Waals surface area (Å²) < 4.78 is -0.119. The molecule has 122 valence electrons. The van der Waals surface area contributed by atoms with Crippen LogP contribution in [0.4, 0.5) is 5.69 Å². The Labute approximate surface area is 137 Å². The van der Waals surface area contributed by atoms with Gasteiger partial charge in [-0.15, -0.1) is 0 Å². The summed E-state index contributed by atoms with van der Waals surface area (Å²) in [7, 11) is 0. The van der Waals surface area contributed by atoms with E-state index in [1.54, 1.807) is 0 Å². The number of carbonyl (C=O) groups excluding carboxylic acids is 1. The molecule has 23 heavy (non-hydrogen) atoms. The van der Waals surface area contributed by atoms with E-state index in [4.69, 9.17) is 0 Å². The Hall–Kier alpha value is -1.65. The SMILES string of the molecule is CCC12CCC[N+]3([O-])CC=C(c4ccccc4NC(=O)CC1)C23. The maximum absolute atomic E-state index is 13.5. The number of hydrogen-bond donors (Lipinski definition) is 1. The van der Waals surface area contributed by atoms with Crippen LogP contribution in [0.3, 0.4) is 0 Å². The average Bonchev–Trinajstić information content (AvgIpc) is 2.93. The Morgan fingerprint density at radius 3 is 3.00 bits per heavy atom. The summed E-state index contributed by atoms with van der Waals surface area (Å²) in [6.07, 6.45) is 6.46. The van der Waals surface area contributed by atoms with E-state index in [2.05, 4.69) is 24.4 Å². The van der Waals surface area contributed by atoms with Crippen molar-refractivity contribution in [3.05, 3.63) is 41.1 Å². The van der Waals surface area contributed by atoms with Crippen molar-refractivity contribution in [1.82, 2.24) is 0 Å². The van der Waals surface area contributed by atoms with E-state index in [0.717, 1.165) is 36.9 Å². The predicted octanol–water partition coefficient (Wildman–Crippen LogP) is 3.69. The van der Waals surface area contributed by atoms with Gasteiger partial charge in [0.15, 0.2) is 0 Å². The third kappa shape index (κ3) is 2.16. The Morgan fingerprint density at radius 2 is 2.17 bits per heavy atom. The minimum Gasteiger partial charge on any atom is -0.632 e. The number of carbonyl (C=O) groups is 1. The number of para-hydroxylation sites is 1. The van der Waals surface area contributed by atoms with Crippen molar-refractivity contribution in [1.29, 1.82) is 0 Å². The molecule has 1 amide bonds. The number of anilines is 1. The van der Waals surface area contributed by atoms with Gasteiger partial charge in [0.05, 0.1) is 13.1 Å². The Morgan fingerprint density at radius 1 is 1.35 bits per heavy atom. The molecule has 0 bridgehead atoms. The van der Waals surface area contributed by atoms with Crippen LogP contribution in [0.15, 0.2) is 30.3 Å². The number of benzene rings is 1. The summed E-state index contributed by atoms with van der Waals surface area (Å²) in [4.78, 5) is 12.4. The lowest BCUT2D eigenvalue weighted by atomic mass is 9.66. The maximum Gasteiger partial charge on any atom is 0.224 e. The van der Waals surface area contributed by atoms with Crippen LogP contribution in [-0.4, -0.2) is 29.7 Å². The van der Waals surface area contributed by atoms with Gasteiger partial charge in [-0.2, -0.15) is 0 Å². The second-order valence-electron chi connectivity index (χ2n) is 7.33. The van der Waals surface area contributed by atoms with Crippen LogP contribution in [0.5, 0.6) is 0 Å². The molecule has 0 spiro atoms. The number of hydroxylamine groups is 3. The monoisotopic (exact) mass is 312 g/mol. The summed E-state index contributed by atoms with van der Waals surface area (Å²) in [5.41, 5.74) is 3.02. The number of rotatable bonds is 1. The first kappa shape index (κ1) is 14.9. The van der Waals surface area contributed by atoms with Gasteiger partial charge in [0.25, 0.3) is 0 Å². The zero-order valence-electron chi connectivity index (χ0n) is 13.7. The molecule has 3 aliphatic rings. The highest BCUT2D eigenvalue weighted by Gasteiger charge is 2.54. The van der Waals surface area contributed by atoms with E-state index in [9.17, 15) is 10.0 Å². The van der Waals surface area contributed by atoms with Crippen molar-refractivity contribution < 1.29 is 9.44 Å². The highest BCUT2D eigenvalue weighted by molar-refractivity contribution is 5.95. The summed E-state index contributed by atoms with van der Waals surface area (Å²) >= 11 is 0. The van der Waals surface area contributed by atoms with Gasteiger partial charge in [-0.25, -0.2) is 0 Å². The molecule has 4 nitrogen and oxygen atoms in total. The van der Waals surface area contributed by atoms with Crippen molar-refractivity contribution in [3.63, 3.8) is 0 Å². The lowest BCUT2D eigenvalue weighted by Crippen LogP contribution is -2.59. The highest BCUT2D eigenvalue weighted by atomic mass is 16.5. The summed E-state index contributed by atoms with van der Waals surface area (Å²) in [5.74, 6) is 0.0698. The normalized spacial score (nSPS) is 36.0. The highest BCUT2D eigenvalue weighted by Crippen LogP contribution is 2.54. The van der Waals surface area contributed by atoms with Gasteiger partial charge in [0, 0.05) is 28.7 Å². The van der Waals surface area contributed by atoms with Gasteiger partial charge in [-0.05, 0) is 37.8 Å². The van der Waals surface area contributed by atoms with Crippen molar-refractivity contribution in [2.75, 3.05) is 18.4 Å². The zero-order valence-corrected chi connectivity index (χ0v) is 13.7. The van der Waals surface area contributed by atoms with E-state index in [1.165, 1.54) is 5.57 Å². The Kier molecular flexibility index (Phi) is 3.36. The van der Waals surface area contributed by atoms with Crippen molar-refractivity contribution in [2.24, 2.45) is 5.41 Å². The second-order valence-corrected chi connectivity index (χ2v) is 7.33. The van der Waals surface area contributed by atoms with Gasteiger partial charge in [0.1, 0.15) is 6.04 Å². The molecule has 3 heterocycles. The first-order valence-corrected chi connectivity index (χ1v) is 8.75. The quantitative estimate of drug-likeness (QED) is 0.635. The van der Waals surface area contributed by atoms with Crippen molar-refractivity contribution in [3.8, 4) is 0 Å². The lowest BCUT2D eigenvalue weighted by Gasteiger charge is -2.57. The van der Waals surface area contributed by atoms with Crippen LogP contribution in [0.2, 0.25) is 0 Å². The molecule has 0 saturated carbocycles. The molecule has 4 heteroatoms. The number of piperidine rings is 1. The summed E-state index contributed by atoms with van der Waals surface area (Å²) in [6.45, 7) is 3.47. The molecule has 3 atom stereocenters. The topological polar surface area (TPSA) is 52.2 Å². The molecule has 1 N–H and O–H groups in total. The van der Waals surface area contributed by atoms with E-state index < -0.39 is 0 Å². The number of nitrogens with zero attached hydrogens (tertiary/aromatic N) is 1. The molecular formula is C19H24N2O2. The zero-order chi connectivity index (χ0) is 16.1. The number of fused-ring (bicyclic) bond motifs is 2. The minimum absolute atomic E-state index is 0.0184. The summed E-state index contributed by atoms with van der Waals surface area (Å²) in [5, 5.41) is 16.6. The van der Waals surface area contributed by atoms with Crippen LogP contribution in [0.1, 0.15) is 44.6 Å².